The van der Waals surface area contributed by atoms with E-state index in [9.17, 15) is 23.3 Å². The summed E-state index contributed by atoms with van der Waals surface area (Å²) in [6.07, 6.45) is 1.58. The summed E-state index contributed by atoms with van der Waals surface area (Å²) < 4.78 is 31.8. The number of alkyl halides is 1. The first-order chi connectivity index (χ1) is 11.3. The van der Waals surface area contributed by atoms with E-state index in [-0.39, 0.29) is 29.5 Å². The van der Waals surface area contributed by atoms with E-state index in [0.29, 0.717) is 6.42 Å². The molecular weight excluding hydrogens is 360 g/mol. The molecular formula is C14H19ClN2O6S. The Morgan fingerprint density at radius 3 is 2.50 bits per heavy atom. The van der Waals surface area contributed by atoms with Gasteiger partial charge in [0.15, 0.2) is 0 Å². The highest BCUT2D eigenvalue weighted by Crippen LogP contribution is 2.16. The third-order valence-corrected chi connectivity index (χ3v) is 4.79. The zero-order chi connectivity index (χ0) is 18.2. The van der Waals surface area contributed by atoms with Gasteiger partial charge in [0.25, 0.3) is 5.69 Å². The average molecular weight is 379 g/mol. The summed E-state index contributed by atoms with van der Waals surface area (Å²) in [4.78, 5) is 21.7. The first-order valence-corrected chi connectivity index (χ1v) is 9.33. The van der Waals surface area contributed by atoms with Crippen LogP contribution in [-0.4, -0.2) is 37.8 Å². The van der Waals surface area contributed by atoms with Crippen molar-refractivity contribution in [2.24, 2.45) is 0 Å². The Bertz CT molecular complexity index is 662. The number of esters is 1. The molecule has 0 spiro atoms. The second kappa shape index (κ2) is 9.55. The van der Waals surface area contributed by atoms with Crippen LogP contribution in [0, 0.1) is 10.1 Å². The van der Waals surface area contributed by atoms with Gasteiger partial charge in [0.05, 0.1) is 16.4 Å². The summed E-state index contributed by atoms with van der Waals surface area (Å²) in [5, 5.41) is 10.6. The molecule has 0 aliphatic heterocycles. The molecule has 10 heteroatoms. The fourth-order valence-corrected chi connectivity index (χ4v) is 3.19. The van der Waals surface area contributed by atoms with E-state index >= 15 is 0 Å². The number of nitro groups is 1. The molecule has 0 saturated heterocycles. The molecule has 1 aromatic rings. The summed E-state index contributed by atoms with van der Waals surface area (Å²) in [5.41, 5.74) is -0.231. The van der Waals surface area contributed by atoms with Gasteiger partial charge in [-0.25, -0.2) is 8.42 Å². The number of halogens is 1. The van der Waals surface area contributed by atoms with Crippen molar-refractivity contribution in [3.63, 3.8) is 0 Å². The Morgan fingerprint density at radius 2 is 2.00 bits per heavy atom. The van der Waals surface area contributed by atoms with E-state index in [1.165, 1.54) is 0 Å². The van der Waals surface area contributed by atoms with Gasteiger partial charge >= 0.3 is 5.97 Å². The van der Waals surface area contributed by atoms with E-state index in [0.717, 1.165) is 30.7 Å². The summed E-state index contributed by atoms with van der Waals surface area (Å²) in [5.74, 6) is -0.634. The Hall–Kier alpha value is -1.71. The van der Waals surface area contributed by atoms with Crippen molar-refractivity contribution in [2.75, 3.05) is 12.5 Å². The number of rotatable bonds is 10. The normalized spacial score (nSPS) is 12.6. The number of carbonyl (C=O) groups is 1. The summed E-state index contributed by atoms with van der Waals surface area (Å²) in [6.45, 7) is 2.13. The molecule has 0 aromatic heterocycles. The monoisotopic (exact) mass is 378 g/mol. The zero-order valence-electron chi connectivity index (χ0n) is 13.1. The standard InChI is InChI=1S/C14H19ClN2O6S/c1-2-3-10-23-14(18)13(8-9-15)16-24(21,22)12-6-4-11(5-7-12)17(19)20/h4-7,13,16H,2-3,8-10H2,1H3/t13-/m0/s1. The second-order valence-electron chi connectivity index (χ2n) is 4.92. The van der Waals surface area contributed by atoms with Crippen LogP contribution in [0.25, 0.3) is 0 Å². The zero-order valence-corrected chi connectivity index (χ0v) is 14.7. The van der Waals surface area contributed by atoms with E-state index in [4.69, 9.17) is 16.3 Å². The predicted molar refractivity (Wildman–Crippen MR) is 88.4 cm³/mol. The van der Waals surface area contributed by atoms with Crippen molar-refractivity contribution < 1.29 is 22.9 Å². The molecule has 24 heavy (non-hydrogen) atoms. The van der Waals surface area contributed by atoms with Gasteiger partial charge in [-0.1, -0.05) is 13.3 Å². The van der Waals surface area contributed by atoms with Crippen molar-refractivity contribution in [2.45, 2.75) is 37.1 Å². The number of ether oxygens (including phenoxy) is 1. The summed E-state index contributed by atoms with van der Waals surface area (Å²) in [7, 11) is -4.03. The van der Waals surface area contributed by atoms with Crippen molar-refractivity contribution in [1.82, 2.24) is 4.72 Å². The molecule has 0 bridgehead atoms. The third-order valence-electron chi connectivity index (χ3n) is 3.08. The number of hydrogen-bond donors (Lipinski definition) is 1. The molecule has 0 unspecified atom stereocenters. The molecule has 8 nitrogen and oxygen atoms in total. The van der Waals surface area contributed by atoms with Crippen LogP contribution >= 0.6 is 11.6 Å². The number of unbranched alkanes of at least 4 members (excludes halogenated alkanes) is 1. The molecule has 1 atom stereocenters. The van der Waals surface area contributed by atoms with E-state index < -0.39 is 27.0 Å². The van der Waals surface area contributed by atoms with E-state index in [1.54, 1.807) is 0 Å². The molecule has 1 rings (SSSR count). The molecule has 0 heterocycles. The lowest BCUT2D eigenvalue weighted by Gasteiger charge is -2.16. The van der Waals surface area contributed by atoms with Crippen LogP contribution in [0.4, 0.5) is 5.69 Å². The van der Waals surface area contributed by atoms with Crippen LogP contribution in [0.5, 0.6) is 0 Å². The first-order valence-electron chi connectivity index (χ1n) is 7.31. The van der Waals surface area contributed by atoms with Crippen LogP contribution in [0.2, 0.25) is 0 Å². The number of nitro benzene ring substituents is 1. The van der Waals surface area contributed by atoms with Crippen LogP contribution < -0.4 is 4.72 Å². The molecule has 134 valence electrons. The second-order valence-corrected chi connectivity index (χ2v) is 7.02. The quantitative estimate of drug-likeness (QED) is 0.219. The lowest BCUT2D eigenvalue weighted by atomic mass is 10.2. The molecule has 0 amide bonds. The van der Waals surface area contributed by atoms with Gasteiger partial charge in [-0.15, -0.1) is 11.6 Å². The van der Waals surface area contributed by atoms with Gasteiger partial charge in [0, 0.05) is 18.0 Å². The van der Waals surface area contributed by atoms with Crippen molar-refractivity contribution in [3.05, 3.63) is 34.4 Å². The Morgan fingerprint density at radius 1 is 1.38 bits per heavy atom. The number of sulfonamides is 1. The average Bonchev–Trinajstić information content (AvgIpc) is 2.54. The van der Waals surface area contributed by atoms with Gasteiger partial charge in [0.2, 0.25) is 10.0 Å². The van der Waals surface area contributed by atoms with Gasteiger partial charge in [-0.05, 0) is 25.0 Å². The number of non-ortho nitro benzene ring substituents is 1. The molecule has 1 N–H and O–H groups in total. The Kier molecular flexibility index (Phi) is 8.09. The molecule has 0 saturated carbocycles. The van der Waals surface area contributed by atoms with E-state index in [1.807, 2.05) is 6.92 Å². The molecule has 0 fully saturated rings. The highest BCUT2D eigenvalue weighted by atomic mass is 35.5. The number of nitrogens with one attached hydrogen (secondary N) is 1. The van der Waals surface area contributed by atoms with Gasteiger partial charge in [0.1, 0.15) is 6.04 Å². The summed E-state index contributed by atoms with van der Waals surface area (Å²) in [6, 6.07) is 3.23. The van der Waals surface area contributed by atoms with Crippen molar-refractivity contribution in [1.29, 1.82) is 0 Å². The lowest BCUT2D eigenvalue weighted by Crippen LogP contribution is -2.42. The smallest absolute Gasteiger partial charge is 0.324 e. The SMILES string of the molecule is CCCCOC(=O)[C@H](CCCl)NS(=O)(=O)c1ccc([N+](=O)[O-])cc1. The number of hydrogen-bond acceptors (Lipinski definition) is 6. The predicted octanol–water partition coefficient (Wildman–Crippen LogP) is 2.21. The fourth-order valence-electron chi connectivity index (χ4n) is 1.75. The fraction of sp³-hybridized carbons (Fsp3) is 0.500. The van der Waals surface area contributed by atoms with Gasteiger partial charge in [-0.3, -0.25) is 14.9 Å². The van der Waals surface area contributed by atoms with Crippen molar-refractivity contribution in [3.8, 4) is 0 Å². The molecule has 0 radical (unpaired) electrons. The highest BCUT2D eigenvalue weighted by molar-refractivity contribution is 7.89. The maximum absolute atomic E-state index is 12.3. The molecule has 0 aliphatic carbocycles. The highest BCUT2D eigenvalue weighted by Gasteiger charge is 2.26. The van der Waals surface area contributed by atoms with Gasteiger partial charge < -0.3 is 4.74 Å². The Balaban J connectivity index is 2.86. The van der Waals surface area contributed by atoms with Crippen molar-refractivity contribution >= 4 is 33.3 Å². The van der Waals surface area contributed by atoms with Gasteiger partial charge in [-0.2, -0.15) is 4.72 Å². The minimum atomic E-state index is -4.03. The molecule has 0 aliphatic rings. The number of carbonyl (C=O) groups excluding carboxylic acids is 1. The first kappa shape index (κ1) is 20.3. The Labute approximate surface area is 145 Å². The minimum Gasteiger partial charge on any atom is -0.465 e. The van der Waals surface area contributed by atoms with E-state index in [2.05, 4.69) is 4.72 Å². The third kappa shape index (κ3) is 6.06. The lowest BCUT2D eigenvalue weighted by molar-refractivity contribution is -0.384. The molecule has 1 aromatic carbocycles. The largest absolute Gasteiger partial charge is 0.465 e. The topological polar surface area (TPSA) is 116 Å². The number of benzene rings is 1. The minimum absolute atomic E-state index is 0.0658. The summed E-state index contributed by atoms with van der Waals surface area (Å²) >= 11 is 5.61. The maximum Gasteiger partial charge on any atom is 0.324 e. The number of nitrogens with zero attached hydrogens (tertiary/aromatic N) is 1. The van der Waals surface area contributed by atoms with Crippen LogP contribution in [-0.2, 0) is 19.6 Å². The van der Waals surface area contributed by atoms with Crippen LogP contribution in [0.1, 0.15) is 26.2 Å². The van der Waals surface area contributed by atoms with Crippen LogP contribution in [0.15, 0.2) is 29.2 Å². The maximum atomic E-state index is 12.3. The van der Waals surface area contributed by atoms with Crippen LogP contribution in [0.3, 0.4) is 0 Å².